The van der Waals surface area contributed by atoms with Crippen LogP contribution in [0.25, 0.3) is 10.9 Å². The Morgan fingerprint density at radius 2 is 1.74 bits per heavy atom. The van der Waals surface area contributed by atoms with E-state index in [1.807, 2.05) is 31.2 Å². The Bertz CT molecular complexity index is 846. The van der Waals surface area contributed by atoms with Crippen molar-refractivity contribution in [2.24, 2.45) is 0 Å². The van der Waals surface area contributed by atoms with Gasteiger partial charge in [0.05, 0.1) is 0 Å². The maximum Gasteiger partial charge on any atom is 0.202 e. The molecule has 116 valence electrons. The van der Waals surface area contributed by atoms with E-state index >= 15 is 0 Å². The molecule has 0 aliphatic rings. The van der Waals surface area contributed by atoms with Crippen molar-refractivity contribution in [3.05, 3.63) is 65.9 Å². The molecule has 0 fully saturated rings. The zero-order valence-electron chi connectivity index (χ0n) is 12.8. The third kappa shape index (κ3) is 3.16. The summed E-state index contributed by atoms with van der Waals surface area (Å²) in [6, 6.07) is 14.5. The maximum atomic E-state index is 12.3. The van der Waals surface area contributed by atoms with Gasteiger partial charge in [-0.15, -0.1) is 0 Å². The summed E-state index contributed by atoms with van der Waals surface area (Å²) in [5.74, 6) is 0.577. The molecular weight excluding hydrogens is 290 g/mol. The minimum absolute atomic E-state index is 0.0388. The summed E-state index contributed by atoms with van der Waals surface area (Å²) in [6.45, 7) is 1.79. The Morgan fingerprint density at radius 1 is 1.00 bits per heavy atom. The van der Waals surface area contributed by atoms with Gasteiger partial charge in [0, 0.05) is 34.6 Å². The summed E-state index contributed by atoms with van der Waals surface area (Å²) >= 11 is 0. The first-order chi connectivity index (χ1) is 11.2. The number of nitrogens with one attached hydrogen (secondary N) is 1. The monoisotopic (exact) mass is 307 g/mol. The van der Waals surface area contributed by atoms with Gasteiger partial charge in [0.15, 0.2) is 12.4 Å². The molecule has 3 rings (SSSR count). The Hall–Kier alpha value is -2.88. The highest BCUT2D eigenvalue weighted by Crippen LogP contribution is 2.19. The zero-order valence-corrected chi connectivity index (χ0v) is 12.8. The van der Waals surface area contributed by atoms with Crippen LogP contribution in [0.3, 0.4) is 0 Å². The van der Waals surface area contributed by atoms with Crippen LogP contribution in [0.1, 0.15) is 34.1 Å². The van der Waals surface area contributed by atoms with Crippen LogP contribution in [-0.2, 0) is 0 Å². The molecule has 4 nitrogen and oxygen atoms in total. The second-order valence-corrected chi connectivity index (χ2v) is 5.26. The van der Waals surface area contributed by atoms with Crippen LogP contribution in [0.5, 0.6) is 5.75 Å². The van der Waals surface area contributed by atoms with Crippen molar-refractivity contribution < 1.29 is 14.3 Å². The van der Waals surface area contributed by atoms with Gasteiger partial charge in [0.1, 0.15) is 5.75 Å². The predicted octanol–water partition coefficient (Wildman–Crippen LogP) is 4.02. The van der Waals surface area contributed by atoms with Crippen LogP contribution in [0.4, 0.5) is 0 Å². The number of ketones is 2. The molecule has 0 unspecified atom stereocenters. The molecule has 4 heteroatoms. The molecular formula is C19H17NO3. The van der Waals surface area contributed by atoms with E-state index in [1.54, 1.807) is 30.5 Å². The summed E-state index contributed by atoms with van der Waals surface area (Å²) in [5.41, 5.74) is 2.21. The van der Waals surface area contributed by atoms with Crippen molar-refractivity contribution in [3.63, 3.8) is 0 Å². The lowest BCUT2D eigenvalue weighted by atomic mass is 10.1. The third-order valence-corrected chi connectivity index (χ3v) is 3.76. The molecule has 2 aromatic carbocycles. The quantitative estimate of drug-likeness (QED) is 0.700. The van der Waals surface area contributed by atoms with Crippen molar-refractivity contribution in [2.45, 2.75) is 13.3 Å². The smallest absolute Gasteiger partial charge is 0.202 e. The second-order valence-electron chi connectivity index (χ2n) is 5.26. The summed E-state index contributed by atoms with van der Waals surface area (Å²) in [4.78, 5) is 27.0. The van der Waals surface area contributed by atoms with Crippen molar-refractivity contribution in [3.8, 4) is 5.75 Å². The van der Waals surface area contributed by atoms with Crippen LogP contribution >= 0.6 is 0 Å². The van der Waals surface area contributed by atoms with E-state index in [0.29, 0.717) is 23.3 Å². The number of ether oxygens (including phenoxy) is 1. The number of hydrogen-bond acceptors (Lipinski definition) is 3. The van der Waals surface area contributed by atoms with Crippen molar-refractivity contribution in [1.29, 1.82) is 0 Å². The summed E-state index contributed by atoms with van der Waals surface area (Å²) in [5, 5.41) is 0.894. The van der Waals surface area contributed by atoms with E-state index in [4.69, 9.17) is 4.74 Å². The number of carbonyl (C=O) groups excluding carboxylic acids is 2. The molecule has 0 bridgehead atoms. The summed E-state index contributed by atoms with van der Waals surface area (Å²) < 4.78 is 5.53. The molecule has 0 saturated carbocycles. The first kappa shape index (κ1) is 15.0. The number of hydrogen-bond donors (Lipinski definition) is 1. The van der Waals surface area contributed by atoms with Gasteiger partial charge in [-0.05, 0) is 30.3 Å². The fourth-order valence-electron chi connectivity index (χ4n) is 2.47. The molecule has 0 aliphatic carbocycles. The number of aromatic nitrogens is 1. The SMILES string of the molecule is CCC(=O)c1ccc(OCC(=O)c2c[nH]c3ccccc23)cc1. The number of fused-ring (bicyclic) bond motifs is 1. The van der Waals surface area contributed by atoms with Gasteiger partial charge in [0.2, 0.25) is 5.78 Å². The van der Waals surface area contributed by atoms with Crippen molar-refractivity contribution in [1.82, 2.24) is 4.98 Å². The van der Waals surface area contributed by atoms with Gasteiger partial charge < -0.3 is 9.72 Å². The van der Waals surface area contributed by atoms with Gasteiger partial charge in [-0.2, -0.15) is 0 Å². The molecule has 1 heterocycles. The normalized spacial score (nSPS) is 10.7. The predicted molar refractivity (Wildman–Crippen MR) is 89.2 cm³/mol. The molecule has 0 spiro atoms. The molecule has 0 aliphatic heterocycles. The van der Waals surface area contributed by atoms with E-state index in [1.165, 1.54) is 0 Å². The highest BCUT2D eigenvalue weighted by Gasteiger charge is 2.12. The fraction of sp³-hybridized carbons (Fsp3) is 0.158. The van der Waals surface area contributed by atoms with Crippen LogP contribution < -0.4 is 4.74 Å². The highest BCUT2D eigenvalue weighted by molar-refractivity contribution is 6.08. The molecule has 0 amide bonds. The maximum absolute atomic E-state index is 12.3. The van der Waals surface area contributed by atoms with E-state index in [0.717, 1.165) is 10.9 Å². The van der Waals surface area contributed by atoms with Crippen LogP contribution in [0.15, 0.2) is 54.7 Å². The molecule has 1 aromatic heterocycles. The topological polar surface area (TPSA) is 59.2 Å². The lowest BCUT2D eigenvalue weighted by molar-refractivity contribution is 0.0921. The standard InChI is InChI=1S/C19H17NO3/c1-2-18(21)13-7-9-14(10-8-13)23-12-19(22)16-11-20-17-6-4-3-5-15(16)17/h3-11,20H,2,12H2,1H3. The van der Waals surface area contributed by atoms with Crippen molar-refractivity contribution in [2.75, 3.05) is 6.61 Å². The lowest BCUT2D eigenvalue weighted by Crippen LogP contribution is -2.11. The number of benzene rings is 2. The number of carbonyl (C=O) groups is 2. The van der Waals surface area contributed by atoms with Gasteiger partial charge in [-0.3, -0.25) is 9.59 Å². The van der Waals surface area contributed by atoms with Gasteiger partial charge in [-0.1, -0.05) is 25.1 Å². The largest absolute Gasteiger partial charge is 0.485 e. The number of rotatable bonds is 6. The number of aromatic amines is 1. The Balaban J connectivity index is 1.68. The second kappa shape index (κ2) is 6.48. The number of Topliss-reactive ketones (excluding diaryl/α,β-unsaturated/α-hetero) is 2. The third-order valence-electron chi connectivity index (χ3n) is 3.76. The molecule has 0 radical (unpaired) electrons. The fourth-order valence-corrected chi connectivity index (χ4v) is 2.47. The number of H-pyrrole nitrogens is 1. The zero-order chi connectivity index (χ0) is 16.2. The van der Waals surface area contributed by atoms with Crippen LogP contribution in [0.2, 0.25) is 0 Å². The molecule has 0 atom stereocenters. The number of para-hydroxylation sites is 1. The lowest BCUT2D eigenvalue weighted by Gasteiger charge is -2.06. The first-order valence-corrected chi connectivity index (χ1v) is 7.54. The van der Waals surface area contributed by atoms with E-state index in [2.05, 4.69) is 4.98 Å². The van der Waals surface area contributed by atoms with Crippen LogP contribution in [-0.4, -0.2) is 23.2 Å². The molecule has 0 saturated heterocycles. The first-order valence-electron chi connectivity index (χ1n) is 7.54. The summed E-state index contributed by atoms with van der Waals surface area (Å²) in [7, 11) is 0. The molecule has 23 heavy (non-hydrogen) atoms. The Morgan fingerprint density at radius 3 is 2.48 bits per heavy atom. The van der Waals surface area contributed by atoms with Crippen LogP contribution in [0, 0.1) is 0 Å². The molecule has 3 aromatic rings. The van der Waals surface area contributed by atoms with Gasteiger partial charge in [-0.25, -0.2) is 0 Å². The van der Waals surface area contributed by atoms with E-state index < -0.39 is 0 Å². The minimum atomic E-state index is -0.0869. The average molecular weight is 307 g/mol. The van der Waals surface area contributed by atoms with Gasteiger partial charge >= 0.3 is 0 Å². The average Bonchev–Trinajstić information content (AvgIpc) is 3.03. The van der Waals surface area contributed by atoms with Crippen molar-refractivity contribution >= 4 is 22.5 Å². The Kier molecular flexibility index (Phi) is 4.24. The van der Waals surface area contributed by atoms with E-state index in [-0.39, 0.29) is 18.2 Å². The minimum Gasteiger partial charge on any atom is -0.485 e. The highest BCUT2D eigenvalue weighted by atomic mass is 16.5. The molecule has 1 N–H and O–H groups in total. The van der Waals surface area contributed by atoms with Gasteiger partial charge in [0.25, 0.3) is 0 Å². The summed E-state index contributed by atoms with van der Waals surface area (Å²) in [6.07, 6.45) is 2.18. The Labute approximate surface area is 134 Å². The van der Waals surface area contributed by atoms with E-state index in [9.17, 15) is 9.59 Å².